The van der Waals surface area contributed by atoms with Crippen molar-refractivity contribution >= 4 is 11.8 Å². The van der Waals surface area contributed by atoms with Gasteiger partial charge in [0.1, 0.15) is 24.0 Å². The van der Waals surface area contributed by atoms with Crippen LogP contribution < -0.4 is 4.90 Å². The van der Waals surface area contributed by atoms with Crippen molar-refractivity contribution in [3.05, 3.63) is 23.9 Å². The maximum Gasteiger partial charge on any atom is 0.323 e. The molecule has 2 saturated heterocycles. The molecule has 0 bridgehead atoms. The molecule has 2 atom stereocenters. The monoisotopic (exact) mass is 286 g/mol. The molecule has 0 saturated carbocycles. The number of nitrogens with zero attached hydrogens (tertiary/aromatic N) is 4. The highest BCUT2D eigenvalue weighted by Gasteiger charge is 2.37. The molecule has 1 aromatic heterocycles. The third kappa shape index (κ3) is 2.69. The van der Waals surface area contributed by atoms with Crippen molar-refractivity contribution in [2.24, 2.45) is 0 Å². The normalized spacial score (nSPS) is 26.5. The average Bonchev–Trinajstić information content (AvgIpc) is 2.86. The summed E-state index contributed by atoms with van der Waals surface area (Å²) < 4.78 is 5.23. The van der Waals surface area contributed by atoms with E-state index in [1.165, 1.54) is 0 Å². The zero-order chi connectivity index (χ0) is 14.8. The Kier molecular flexibility index (Phi) is 3.76. The fourth-order valence-corrected chi connectivity index (χ4v) is 3.02. The highest BCUT2D eigenvalue weighted by Crippen LogP contribution is 2.23. The lowest BCUT2D eigenvalue weighted by Gasteiger charge is -2.37. The molecule has 110 valence electrons. The Morgan fingerprint density at radius 1 is 1.38 bits per heavy atom. The summed E-state index contributed by atoms with van der Waals surface area (Å²) >= 11 is 0. The van der Waals surface area contributed by atoms with Crippen molar-refractivity contribution in [1.82, 2.24) is 9.88 Å². The quantitative estimate of drug-likeness (QED) is 0.748. The smallest absolute Gasteiger partial charge is 0.323 e. The first-order valence-corrected chi connectivity index (χ1v) is 7.23. The van der Waals surface area contributed by atoms with Crippen LogP contribution in [0.2, 0.25) is 0 Å². The first-order valence-electron chi connectivity index (χ1n) is 7.23. The molecule has 2 aliphatic heterocycles. The van der Waals surface area contributed by atoms with Crippen LogP contribution in [0.3, 0.4) is 0 Å². The van der Waals surface area contributed by atoms with Crippen LogP contribution >= 0.6 is 0 Å². The molecule has 0 radical (unpaired) electrons. The Bertz CT molecular complexity index is 575. The molecule has 0 aromatic carbocycles. The second-order valence-corrected chi connectivity index (χ2v) is 5.51. The third-order valence-electron chi connectivity index (χ3n) is 4.11. The Balaban J connectivity index is 1.66. The molecule has 0 amide bonds. The van der Waals surface area contributed by atoms with Gasteiger partial charge in [0.2, 0.25) is 0 Å². The van der Waals surface area contributed by atoms with Gasteiger partial charge in [-0.25, -0.2) is 4.98 Å². The molecule has 0 spiro atoms. The molecular weight excluding hydrogens is 268 g/mol. The number of pyridine rings is 1. The number of carbonyl (C=O) groups is 1. The molecule has 2 fully saturated rings. The predicted molar refractivity (Wildman–Crippen MR) is 76.7 cm³/mol. The maximum atomic E-state index is 11.8. The maximum absolute atomic E-state index is 11.8. The summed E-state index contributed by atoms with van der Waals surface area (Å²) in [6.45, 7) is 5.04. The molecule has 1 aromatic rings. The number of esters is 1. The van der Waals surface area contributed by atoms with Gasteiger partial charge >= 0.3 is 5.97 Å². The van der Waals surface area contributed by atoms with Gasteiger partial charge < -0.3 is 9.64 Å². The summed E-state index contributed by atoms with van der Waals surface area (Å²) in [6.07, 6.45) is 2.49. The van der Waals surface area contributed by atoms with Crippen molar-refractivity contribution in [2.45, 2.75) is 25.5 Å². The van der Waals surface area contributed by atoms with E-state index < -0.39 is 0 Å². The number of piperazine rings is 1. The molecule has 3 rings (SSSR count). The minimum Gasteiger partial charge on any atom is -0.461 e. The zero-order valence-corrected chi connectivity index (χ0v) is 12.0. The fraction of sp³-hybridized carbons (Fsp3) is 0.533. The largest absolute Gasteiger partial charge is 0.461 e. The third-order valence-corrected chi connectivity index (χ3v) is 4.11. The lowest BCUT2D eigenvalue weighted by Crippen LogP contribution is -2.52. The van der Waals surface area contributed by atoms with E-state index in [1.54, 1.807) is 18.3 Å². The van der Waals surface area contributed by atoms with E-state index in [4.69, 9.17) is 10.00 Å². The van der Waals surface area contributed by atoms with Crippen molar-refractivity contribution < 1.29 is 9.53 Å². The van der Waals surface area contributed by atoms with Gasteiger partial charge in [-0.15, -0.1) is 0 Å². The van der Waals surface area contributed by atoms with E-state index >= 15 is 0 Å². The van der Waals surface area contributed by atoms with Crippen LogP contribution in [0.4, 0.5) is 5.82 Å². The summed E-state index contributed by atoms with van der Waals surface area (Å²) in [7, 11) is 0. The number of nitriles is 1. The van der Waals surface area contributed by atoms with Gasteiger partial charge in [0.05, 0.1) is 5.56 Å². The van der Waals surface area contributed by atoms with Crippen molar-refractivity contribution in [2.75, 3.05) is 31.1 Å². The number of cyclic esters (lactones) is 1. The van der Waals surface area contributed by atoms with E-state index in [2.05, 4.69) is 20.9 Å². The minimum absolute atomic E-state index is 0.0153. The van der Waals surface area contributed by atoms with Crippen molar-refractivity contribution in [3.63, 3.8) is 0 Å². The van der Waals surface area contributed by atoms with E-state index in [0.717, 1.165) is 38.4 Å². The second-order valence-electron chi connectivity index (χ2n) is 5.51. The summed E-state index contributed by atoms with van der Waals surface area (Å²) in [4.78, 5) is 20.4. The lowest BCUT2D eigenvalue weighted by molar-refractivity contribution is -0.144. The number of hydrogen-bond donors (Lipinski definition) is 0. The van der Waals surface area contributed by atoms with E-state index in [9.17, 15) is 4.79 Å². The molecular formula is C15H18N4O2. The highest BCUT2D eigenvalue weighted by atomic mass is 16.6. The van der Waals surface area contributed by atoms with Gasteiger partial charge in [-0.3, -0.25) is 9.69 Å². The molecule has 0 N–H and O–H groups in total. The van der Waals surface area contributed by atoms with E-state index in [-0.39, 0.29) is 18.1 Å². The van der Waals surface area contributed by atoms with Crippen LogP contribution in [-0.4, -0.2) is 54.2 Å². The van der Waals surface area contributed by atoms with E-state index in [0.29, 0.717) is 5.56 Å². The van der Waals surface area contributed by atoms with Crippen LogP contribution in [0.1, 0.15) is 18.9 Å². The van der Waals surface area contributed by atoms with Crippen LogP contribution in [0.25, 0.3) is 0 Å². The van der Waals surface area contributed by atoms with Crippen molar-refractivity contribution in [3.8, 4) is 6.07 Å². The second kappa shape index (κ2) is 5.70. The molecule has 21 heavy (non-hydrogen) atoms. The first kappa shape index (κ1) is 13.8. The van der Waals surface area contributed by atoms with Gasteiger partial charge in [0.25, 0.3) is 0 Å². The van der Waals surface area contributed by atoms with Gasteiger partial charge in [0, 0.05) is 38.8 Å². The van der Waals surface area contributed by atoms with Crippen molar-refractivity contribution in [1.29, 1.82) is 5.26 Å². The first-order chi connectivity index (χ1) is 10.2. The SMILES string of the molecule is CC1CC(N2CCN(c3ncccc3C#N)CC2)C(=O)O1. The number of anilines is 1. The Hall–Kier alpha value is -2.13. The zero-order valence-electron chi connectivity index (χ0n) is 12.0. The van der Waals surface area contributed by atoms with Crippen LogP contribution in [0, 0.1) is 11.3 Å². The van der Waals surface area contributed by atoms with Gasteiger partial charge in [0.15, 0.2) is 0 Å². The van der Waals surface area contributed by atoms with Gasteiger partial charge in [-0.1, -0.05) is 0 Å². The molecule has 6 nitrogen and oxygen atoms in total. The van der Waals surface area contributed by atoms with Crippen LogP contribution in [0.15, 0.2) is 18.3 Å². The molecule has 2 aliphatic rings. The topological polar surface area (TPSA) is 69.5 Å². The van der Waals surface area contributed by atoms with E-state index in [1.807, 2.05) is 6.92 Å². The summed E-state index contributed by atoms with van der Waals surface area (Å²) in [6, 6.07) is 5.62. The molecule has 2 unspecified atom stereocenters. The Labute approximate surface area is 123 Å². The summed E-state index contributed by atoms with van der Waals surface area (Å²) in [5, 5.41) is 9.15. The van der Waals surface area contributed by atoms with Gasteiger partial charge in [-0.05, 0) is 19.1 Å². The van der Waals surface area contributed by atoms with Gasteiger partial charge in [-0.2, -0.15) is 5.26 Å². The van der Waals surface area contributed by atoms with Crippen LogP contribution in [-0.2, 0) is 9.53 Å². The minimum atomic E-state index is -0.110. The molecule has 3 heterocycles. The van der Waals surface area contributed by atoms with Crippen LogP contribution in [0.5, 0.6) is 0 Å². The number of ether oxygens (including phenoxy) is 1. The lowest BCUT2D eigenvalue weighted by atomic mass is 10.1. The highest BCUT2D eigenvalue weighted by molar-refractivity contribution is 5.78. The molecule has 6 heteroatoms. The number of aromatic nitrogens is 1. The average molecular weight is 286 g/mol. The summed E-state index contributed by atoms with van der Waals surface area (Å²) in [5.41, 5.74) is 0.597. The predicted octanol–water partition coefficient (Wildman–Crippen LogP) is 0.779. The Morgan fingerprint density at radius 2 is 2.14 bits per heavy atom. The summed E-state index contributed by atoms with van der Waals surface area (Å²) in [5.74, 6) is 0.633. The Morgan fingerprint density at radius 3 is 2.76 bits per heavy atom. The number of carbonyl (C=O) groups excluding carboxylic acids is 1. The fourth-order valence-electron chi connectivity index (χ4n) is 3.02. The number of hydrogen-bond acceptors (Lipinski definition) is 6. The molecule has 0 aliphatic carbocycles. The standard InChI is InChI=1S/C15H18N4O2/c1-11-9-13(15(20)21-11)18-5-7-19(8-6-18)14-12(10-16)3-2-4-17-14/h2-4,11,13H,5-9H2,1H3. The number of rotatable bonds is 2.